The minimum atomic E-state index is 0.525. The Morgan fingerprint density at radius 3 is 2.43 bits per heavy atom. The van der Waals surface area contributed by atoms with Crippen LogP contribution in [0, 0.1) is 0 Å². The maximum absolute atomic E-state index is 6.12. The molecule has 2 rings (SSSR count). The van der Waals surface area contributed by atoms with Crippen LogP contribution >= 0.6 is 11.6 Å². The second-order valence-corrected chi connectivity index (χ2v) is 4.77. The van der Waals surface area contributed by atoms with Gasteiger partial charge >= 0.3 is 0 Å². The molecule has 5 heteroatoms. The summed E-state index contributed by atoms with van der Waals surface area (Å²) in [7, 11) is 0. The Morgan fingerprint density at radius 1 is 1.05 bits per heavy atom. The third kappa shape index (κ3) is 4.62. The number of nitrogens with zero attached hydrogens (tertiary/aromatic N) is 1. The summed E-state index contributed by atoms with van der Waals surface area (Å²) < 4.78 is 11.1. The highest BCUT2D eigenvalue weighted by Gasteiger charge is 2.05. The van der Waals surface area contributed by atoms with E-state index in [0.29, 0.717) is 29.8 Å². The van der Waals surface area contributed by atoms with Gasteiger partial charge in [-0.25, -0.2) is 4.98 Å². The first-order valence-electron chi connectivity index (χ1n) is 6.99. The Labute approximate surface area is 130 Å². The van der Waals surface area contributed by atoms with E-state index >= 15 is 0 Å². The van der Waals surface area contributed by atoms with Gasteiger partial charge in [0.25, 0.3) is 0 Å². The first-order chi connectivity index (χ1) is 10.2. The predicted molar refractivity (Wildman–Crippen MR) is 84.3 cm³/mol. The van der Waals surface area contributed by atoms with Crippen LogP contribution in [0.5, 0.6) is 17.4 Å². The lowest BCUT2D eigenvalue weighted by molar-refractivity contribution is 0.339. The van der Waals surface area contributed by atoms with Crippen molar-refractivity contribution in [1.82, 2.24) is 10.3 Å². The van der Waals surface area contributed by atoms with E-state index < -0.39 is 0 Å². The highest BCUT2D eigenvalue weighted by molar-refractivity contribution is 6.31. The molecule has 0 bridgehead atoms. The SMILES string of the molecule is CCNCc1nc(Oc2ccc(OCC)cc2)ccc1Cl. The van der Waals surface area contributed by atoms with E-state index in [1.807, 2.05) is 38.1 Å². The Hall–Kier alpha value is -1.78. The standard InChI is InChI=1S/C16H19ClN2O2/c1-3-18-11-15-14(17)9-10-16(19-15)21-13-7-5-12(6-8-13)20-4-2/h5-10,18H,3-4,11H2,1-2H3. The number of halogens is 1. The lowest BCUT2D eigenvalue weighted by Crippen LogP contribution is -2.13. The van der Waals surface area contributed by atoms with Crippen LogP contribution in [-0.4, -0.2) is 18.1 Å². The molecule has 2 aromatic rings. The molecule has 21 heavy (non-hydrogen) atoms. The maximum Gasteiger partial charge on any atom is 0.219 e. The summed E-state index contributed by atoms with van der Waals surface area (Å²) in [5.41, 5.74) is 0.780. The third-order valence-corrected chi connectivity index (χ3v) is 3.14. The number of benzene rings is 1. The molecule has 1 N–H and O–H groups in total. The van der Waals surface area contributed by atoms with Gasteiger partial charge in [-0.15, -0.1) is 0 Å². The fourth-order valence-corrected chi connectivity index (χ4v) is 1.95. The average Bonchev–Trinajstić information content (AvgIpc) is 2.50. The molecule has 0 amide bonds. The Morgan fingerprint density at radius 2 is 1.76 bits per heavy atom. The van der Waals surface area contributed by atoms with Crippen molar-refractivity contribution < 1.29 is 9.47 Å². The summed E-state index contributed by atoms with van der Waals surface area (Å²) in [5, 5.41) is 3.83. The summed E-state index contributed by atoms with van der Waals surface area (Å²) in [6, 6.07) is 11.0. The molecule has 112 valence electrons. The van der Waals surface area contributed by atoms with Gasteiger partial charge in [-0.2, -0.15) is 0 Å². The zero-order valence-corrected chi connectivity index (χ0v) is 13.0. The molecule has 0 atom stereocenters. The number of ether oxygens (including phenoxy) is 2. The highest BCUT2D eigenvalue weighted by Crippen LogP contribution is 2.25. The minimum absolute atomic E-state index is 0.525. The van der Waals surface area contributed by atoms with Gasteiger partial charge in [-0.1, -0.05) is 18.5 Å². The predicted octanol–water partition coefficient (Wildman–Crippen LogP) is 4.04. The van der Waals surface area contributed by atoms with E-state index in [1.165, 1.54) is 0 Å². The minimum Gasteiger partial charge on any atom is -0.494 e. The molecule has 1 aromatic carbocycles. The van der Waals surface area contributed by atoms with E-state index in [1.54, 1.807) is 12.1 Å². The van der Waals surface area contributed by atoms with Crippen LogP contribution in [0.2, 0.25) is 5.02 Å². The van der Waals surface area contributed by atoms with Gasteiger partial charge < -0.3 is 14.8 Å². The lowest BCUT2D eigenvalue weighted by Gasteiger charge is -2.09. The summed E-state index contributed by atoms with van der Waals surface area (Å²) in [6.45, 7) is 6.12. The molecule has 0 saturated heterocycles. The van der Waals surface area contributed by atoms with Crippen LogP contribution in [0.15, 0.2) is 36.4 Å². The van der Waals surface area contributed by atoms with Crippen molar-refractivity contribution in [2.24, 2.45) is 0 Å². The number of nitrogens with one attached hydrogen (secondary N) is 1. The molecule has 1 aromatic heterocycles. The second-order valence-electron chi connectivity index (χ2n) is 4.36. The smallest absolute Gasteiger partial charge is 0.219 e. The molecule has 0 aliphatic carbocycles. The summed E-state index contributed by atoms with van der Waals surface area (Å²) >= 11 is 6.12. The van der Waals surface area contributed by atoms with Crippen molar-refractivity contribution in [3.63, 3.8) is 0 Å². The molecule has 1 heterocycles. The Kier molecular flexibility index (Phi) is 5.84. The zero-order valence-electron chi connectivity index (χ0n) is 12.2. The Bertz CT molecular complexity index is 573. The van der Waals surface area contributed by atoms with E-state index in [2.05, 4.69) is 10.3 Å². The van der Waals surface area contributed by atoms with E-state index in [9.17, 15) is 0 Å². The number of rotatable bonds is 7. The van der Waals surface area contributed by atoms with Crippen molar-refractivity contribution >= 4 is 11.6 Å². The fraction of sp³-hybridized carbons (Fsp3) is 0.312. The van der Waals surface area contributed by atoms with Crippen molar-refractivity contribution in [3.05, 3.63) is 47.1 Å². The molecule has 0 spiro atoms. The topological polar surface area (TPSA) is 43.4 Å². The number of hydrogen-bond acceptors (Lipinski definition) is 4. The Balaban J connectivity index is 2.08. The van der Waals surface area contributed by atoms with Crippen molar-refractivity contribution in [1.29, 1.82) is 0 Å². The average molecular weight is 307 g/mol. The van der Waals surface area contributed by atoms with E-state index in [-0.39, 0.29) is 0 Å². The van der Waals surface area contributed by atoms with Crippen LogP contribution in [0.4, 0.5) is 0 Å². The second kappa shape index (κ2) is 7.86. The summed E-state index contributed by atoms with van der Waals surface area (Å²) in [4.78, 5) is 4.42. The van der Waals surface area contributed by atoms with Gasteiger partial charge in [-0.05, 0) is 43.8 Å². The van der Waals surface area contributed by atoms with Gasteiger partial charge in [0.05, 0.1) is 17.3 Å². The molecule has 4 nitrogen and oxygen atoms in total. The normalized spacial score (nSPS) is 10.4. The first kappa shape index (κ1) is 15.6. The van der Waals surface area contributed by atoms with Gasteiger partial charge in [-0.3, -0.25) is 0 Å². The number of aromatic nitrogens is 1. The quantitative estimate of drug-likeness (QED) is 0.838. The van der Waals surface area contributed by atoms with E-state index in [4.69, 9.17) is 21.1 Å². The van der Waals surface area contributed by atoms with Crippen LogP contribution in [0.1, 0.15) is 19.5 Å². The maximum atomic E-state index is 6.12. The van der Waals surface area contributed by atoms with Crippen LogP contribution in [-0.2, 0) is 6.54 Å². The monoisotopic (exact) mass is 306 g/mol. The van der Waals surface area contributed by atoms with Crippen molar-refractivity contribution in [3.8, 4) is 17.4 Å². The zero-order chi connectivity index (χ0) is 15.1. The summed E-state index contributed by atoms with van der Waals surface area (Å²) in [6.07, 6.45) is 0. The number of pyridine rings is 1. The highest BCUT2D eigenvalue weighted by atomic mass is 35.5. The molecule has 0 fully saturated rings. The molecule has 0 radical (unpaired) electrons. The number of hydrogen-bond donors (Lipinski definition) is 1. The van der Waals surface area contributed by atoms with Gasteiger partial charge in [0.15, 0.2) is 0 Å². The molecule has 0 aliphatic heterocycles. The van der Waals surface area contributed by atoms with Gasteiger partial charge in [0.2, 0.25) is 5.88 Å². The third-order valence-electron chi connectivity index (χ3n) is 2.79. The molecular weight excluding hydrogens is 288 g/mol. The van der Waals surface area contributed by atoms with Crippen LogP contribution in [0.25, 0.3) is 0 Å². The molecule has 0 saturated carbocycles. The first-order valence-corrected chi connectivity index (χ1v) is 7.37. The molecule has 0 aliphatic rings. The van der Waals surface area contributed by atoms with Gasteiger partial charge in [0.1, 0.15) is 11.5 Å². The molecular formula is C16H19ClN2O2. The van der Waals surface area contributed by atoms with Crippen LogP contribution < -0.4 is 14.8 Å². The van der Waals surface area contributed by atoms with Crippen molar-refractivity contribution in [2.45, 2.75) is 20.4 Å². The largest absolute Gasteiger partial charge is 0.494 e. The van der Waals surface area contributed by atoms with Crippen LogP contribution in [0.3, 0.4) is 0 Å². The summed E-state index contributed by atoms with van der Waals surface area (Å²) in [5.74, 6) is 2.06. The molecule has 0 unspecified atom stereocenters. The lowest BCUT2D eigenvalue weighted by atomic mass is 10.3. The van der Waals surface area contributed by atoms with Gasteiger partial charge in [0, 0.05) is 12.6 Å². The fourth-order valence-electron chi connectivity index (χ4n) is 1.78. The van der Waals surface area contributed by atoms with E-state index in [0.717, 1.165) is 18.0 Å². The van der Waals surface area contributed by atoms with Crippen molar-refractivity contribution in [2.75, 3.05) is 13.2 Å².